The molecule has 7 rings (SSSR count). The van der Waals surface area contributed by atoms with Crippen molar-refractivity contribution in [2.45, 2.75) is 38.2 Å². The van der Waals surface area contributed by atoms with Crippen LogP contribution in [0.25, 0.3) is 0 Å². The smallest absolute Gasteiger partial charge is 0.175 e. The first kappa shape index (κ1) is 29.4. The van der Waals surface area contributed by atoms with Crippen molar-refractivity contribution < 1.29 is 9.47 Å². The average molecular weight is 658 g/mol. The largest absolute Gasteiger partial charge is 0.490 e. The third-order valence-corrected chi connectivity index (χ3v) is 9.51. The molecular weight excluding hydrogens is 620 g/mol. The third-order valence-electron chi connectivity index (χ3n) is 8.92. The molecule has 0 fully saturated rings. The van der Waals surface area contributed by atoms with E-state index in [-0.39, 0.29) is 0 Å². The predicted molar refractivity (Wildman–Crippen MR) is 188 cm³/mol. The van der Waals surface area contributed by atoms with Crippen molar-refractivity contribution in [3.8, 4) is 11.5 Å². The lowest BCUT2D eigenvalue weighted by atomic mass is 9.76. The predicted octanol–water partition coefficient (Wildman–Crippen LogP) is 10.1. The van der Waals surface area contributed by atoms with E-state index < -0.39 is 0 Å². The Kier molecular flexibility index (Phi) is 8.70. The lowest BCUT2D eigenvalue weighted by Gasteiger charge is -2.43. The van der Waals surface area contributed by atoms with Gasteiger partial charge in [-0.25, -0.2) is 0 Å². The van der Waals surface area contributed by atoms with E-state index in [2.05, 4.69) is 112 Å². The Morgan fingerprint density at radius 1 is 0.756 bits per heavy atom. The lowest BCUT2D eigenvalue weighted by Crippen LogP contribution is -2.37. The van der Waals surface area contributed by atoms with Crippen LogP contribution in [0.1, 0.15) is 65.0 Å². The van der Waals surface area contributed by atoms with E-state index in [0.717, 1.165) is 47.2 Å². The van der Waals surface area contributed by atoms with Crippen molar-refractivity contribution in [2.24, 2.45) is 4.99 Å². The molecule has 0 saturated heterocycles. The average Bonchev–Trinajstić information content (AvgIpc) is 3.08. The molecular formula is C40H37BrN2O2. The minimum Gasteiger partial charge on any atom is -0.490 e. The van der Waals surface area contributed by atoms with Gasteiger partial charge in [-0.15, -0.1) is 0 Å². The first-order chi connectivity index (χ1) is 22.2. The molecule has 0 aliphatic carbocycles. The molecule has 0 N–H and O–H groups in total. The van der Waals surface area contributed by atoms with Crippen LogP contribution >= 0.6 is 15.9 Å². The highest BCUT2D eigenvalue weighted by molar-refractivity contribution is 9.10. The highest BCUT2D eigenvalue weighted by atomic mass is 79.9. The summed E-state index contributed by atoms with van der Waals surface area (Å²) in [6.07, 6.45) is 4.16. The lowest BCUT2D eigenvalue weighted by molar-refractivity contribution is 0.267. The molecule has 0 aromatic heterocycles. The van der Waals surface area contributed by atoms with Crippen LogP contribution in [0.5, 0.6) is 11.5 Å². The topological polar surface area (TPSA) is 34.1 Å². The second-order valence-electron chi connectivity index (χ2n) is 11.8. The van der Waals surface area contributed by atoms with Crippen LogP contribution in [0.15, 0.2) is 125 Å². The maximum absolute atomic E-state index is 6.22. The SMILES string of the molecule is CCOc1cc(C=Nc2cc3c4c(c2)[C@@H](c2ccccc2)CCN4CC[C@@H]3c2ccccc2)cc(Br)c1OCc1ccccc1. The first-order valence-corrected chi connectivity index (χ1v) is 16.7. The van der Waals surface area contributed by atoms with E-state index in [4.69, 9.17) is 14.5 Å². The van der Waals surface area contributed by atoms with Gasteiger partial charge >= 0.3 is 0 Å². The van der Waals surface area contributed by atoms with Gasteiger partial charge in [0.2, 0.25) is 0 Å². The van der Waals surface area contributed by atoms with E-state index in [0.29, 0.717) is 36.5 Å². The Labute approximate surface area is 274 Å². The molecule has 0 spiro atoms. The zero-order valence-electron chi connectivity index (χ0n) is 25.5. The molecule has 0 saturated carbocycles. The number of halogens is 1. The van der Waals surface area contributed by atoms with E-state index in [1.165, 1.54) is 27.9 Å². The molecule has 2 aliphatic rings. The number of anilines is 1. The highest BCUT2D eigenvalue weighted by Gasteiger charge is 2.35. The van der Waals surface area contributed by atoms with Gasteiger partial charge in [0, 0.05) is 36.8 Å². The zero-order chi connectivity index (χ0) is 30.6. The molecule has 0 amide bonds. The van der Waals surface area contributed by atoms with Crippen molar-refractivity contribution in [1.29, 1.82) is 0 Å². The number of hydrogen-bond donors (Lipinski definition) is 0. The van der Waals surface area contributed by atoms with Crippen molar-refractivity contribution in [2.75, 3.05) is 24.6 Å². The summed E-state index contributed by atoms with van der Waals surface area (Å²) in [6, 6.07) is 40.8. The summed E-state index contributed by atoms with van der Waals surface area (Å²) >= 11 is 3.75. The molecule has 45 heavy (non-hydrogen) atoms. The van der Waals surface area contributed by atoms with Crippen LogP contribution in [0, 0.1) is 0 Å². The Morgan fingerprint density at radius 2 is 1.33 bits per heavy atom. The maximum Gasteiger partial charge on any atom is 0.175 e. The quantitative estimate of drug-likeness (QED) is 0.148. The van der Waals surface area contributed by atoms with E-state index >= 15 is 0 Å². The summed E-state index contributed by atoms with van der Waals surface area (Å²) in [5, 5.41) is 0. The monoisotopic (exact) mass is 656 g/mol. The molecule has 2 heterocycles. The van der Waals surface area contributed by atoms with Gasteiger partial charge in [-0.1, -0.05) is 91.0 Å². The van der Waals surface area contributed by atoms with Gasteiger partial charge in [-0.05, 0) is 93.3 Å². The Morgan fingerprint density at radius 3 is 1.91 bits per heavy atom. The molecule has 0 bridgehead atoms. The Hall–Kier alpha value is -4.35. The van der Waals surface area contributed by atoms with Crippen molar-refractivity contribution >= 4 is 33.5 Å². The fraction of sp³-hybridized carbons (Fsp3) is 0.225. The van der Waals surface area contributed by atoms with E-state index in [9.17, 15) is 0 Å². The summed E-state index contributed by atoms with van der Waals surface area (Å²) in [7, 11) is 0. The summed E-state index contributed by atoms with van der Waals surface area (Å²) in [4.78, 5) is 7.71. The molecule has 0 unspecified atom stereocenters. The van der Waals surface area contributed by atoms with E-state index in [1.54, 1.807) is 0 Å². The van der Waals surface area contributed by atoms with Crippen LogP contribution < -0.4 is 14.4 Å². The maximum atomic E-state index is 6.22. The summed E-state index contributed by atoms with van der Waals surface area (Å²) in [5.41, 5.74) is 9.97. The van der Waals surface area contributed by atoms with Gasteiger partial charge in [-0.2, -0.15) is 0 Å². The summed E-state index contributed by atoms with van der Waals surface area (Å²) in [6.45, 7) is 5.16. The molecule has 2 atom stereocenters. The standard InChI is InChI=1S/C40H37BrN2O2/c1-2-44-38-23-29(22-37(41)40(38)45-27-28-12-6-3-7-13-28)26-42-32-24-35-33(30-14-8-4-9-15-30)18-20-43-21-19-34(36(25-32)39(35)43)31-16-10-5-11-17-31/h3-17,22-26,33-34H,2,18-21,27H2,1H3/t33-,34-/m1/s1. The number of rotatable bonds is 9. The second kappa shape index (κ2) is 13.3. The van der Waals surface area contributed by atoms with Crippen LogP contribution in [-0.2, 0) is 6.61 Å². The molecule has 2 aliphatic heterocycles. The van der Waals surface area contributed by atoms with E-state index in [1.807, 2.05) is 37.4 Å². The molecule has 226 valence electrons. The number of hydrogen-bond acceptors (Lipinski definition) is 4. The van der Waals surface area contributed by atoms with Gasteiger partial charge in [0.25, 0.3) is 0 Å². The van der Waals surface area contributed by atoms with Gasteiger partial charge in [0.15, 0.2) is 11.5 Å². The van der Waals surface area contributed by atoms with Crippen LogP contribution in [-0.4, -0.2) is 25.9 Å². The first-order valence-electron chi connectivity index (χ1n) is 15.9. The van der Waals surface area contributed by atoms with Crippen LogP contribution in [0.4, 0.5) is 11.4 Å². The number of nitrogens with zero attached hydrogens (tertiary/aromatic N) is 2. The highest BCUT2D eigenvalue weighted by Crippen LogP contribution is 2.50. The number of aliphatic imine (C=N–C) groups is 1. The summed E-state index contributed by atoms with van der Waals surface area (Å²) in [5.74, 6) is 2.10. The molecule has 5 aromatic carbocycles. The Balaban J connectivity index is 1.26. The summed E-state index contributed by atoms with van der Waals surface area (Å²) < 4.78 is 13.1. The van der Waals surface area contributed by atoms with Gasteiger partial charge in [0.05, 0.1) is 16.8 Å². The molecule has 4 nitrogen and oxygen atoms in total. The third kappa shape index (κ3) is 6.27. The minimum absolute atomic E-state index is 0.348. The second-order valence-corrected chi connectivity index (χ2v) is 12.6. The Bertz CT molecular complexity index is 1720. The van der Waals surface area contributed by atoms with Crippen molar-refractivity contribution in [3.05, 3.63) is 153 Å². The normalized spacial score (nSPS) is 17.2. The number of ether oxygens (including phenoxy) is 2. The van der Waals surface area contributed by atoms with Gasteiger partial charge in [-0.3, -0.25) is 4.99 Å². The van der Waals surface area contributed by atoms with Crippen molar-refractivity contribution in [1.82, 2.24) is 0 Å². The molecule has 0 radical (unpaired) electrons. The minimum atomic E-state index is 0.348. The number of benzene rings is 5. The fourth-order valence-corrected chi connectivity index (χ4v) is 7.43. The van der Waals surface area contributed by atoms with Gasteiger partial charge in [0.1, 0.15) is 6.61 Å². The van der Waals surface area contributed by atoms with Crippen LogP contribution in [0.2, 0.25) is 0 Å². The fourth-order valence-electron chi connectivity index (χ4n) is 6.86. The molecule has 5 aromatic rings. The molecule has 5 heteroatoms. The van der Waals surface area contributed by atoms with Crippen LogP contribution in [0.3, 0.4) is 0 Å². The van der Waals surface area contributed by atoms with Gasteiger partial charge < -0.3 is 14.4 Å². The zero-order valence-corrected chi connectivity index (χ0v) is 27.1. The van der Waals surface area contributed by atoms with Crippen molar-refractivity contribution in [3.63, 3.8) is 0 Å².